The Morgan fingerprint density at radius 3 is 1.83 bits per heavy atom. The van der Waals surface area contributed by atoms with E-state index in [2.05, 4.69) is 60.6 Å². The van der Waals surface area contributed by atoms with Gasteiger partial charge in [0, 0.05) is 0 Å². The Labute approximate surface area is 113 Å². The highest BCUT2D eigenvalue weighted by atomic mass is 14.4. The third-order valence-electron chi connectivity index (χ3n) is 4.00. The van der Waals surface area contributed by atoms with Gasteiger partial charge in [0.1, 0.15) is 0 Å². The maximum atomic E-state index is 2.49. The molecule has 0 heterocycles. The van der Waals surface area contributed by atoms with Crippen molar-refractivity contribution < 1.29 is 0 Å². The zero-order valence-electron chi connectivity index (χ0n) is 13.1. The van der Waals surface area contributed by atoms with Crippen molar-refractivity contribution in [1.29, 1.82) is 0 Å². The van der Waals surface area contributed by atoms with Crippen LogP contribution in [-0.4, -0.2) is 0 Å². The normalized spacial score (nSPS) is 17.1. The monoisotopic (exact) mass is 244 g/mol. The first-order valence-corrected chi connectivity index (χ1v) is 7.26. The van der Waals surface area contributed by atoms with Crippen molar-refractivity contribution in [3.05, 3.63) is 34.4 Å². The van der Waals surface area contributed by atoms with Crippen molar-refractivity contribution in [2.75, 3.05) is 0 Å². The molecule has 0 amide bonds. The molecule has 0 spiro atoms. The van der Waals surface area contributed by atoms with Crippen molar-refractivity contribution in [2.45, 2.75) is 78.1 Å². The second-order valence-electron chi connectivity index (χ2n) is 8.03. The number of hydrogen-bond acceptors (Lipinski definition) is 0. The van der Waals surface area contributed by atoms with Gasteiger partial charge in [-0.25, -0.2) is 0 Å². The molecule has 0 unspecified atom stereocenters. The van der Waals surface area contributed by atoms with E-state index in [1.54, 1.807) is 11.1 Å². The molecule has 0 heteroatoms. The molecule has 0 N–H and O–H groups in total. The minimum atomic E-state index is 0.255. The molecule has 1 aromatic carbocycles. The molecule has 100 valence electrons. The Bertz CT molecular complexity index is 448. The van der Waals surface area contributed by atoms with Gasteiger partial charge in [0.05, 0.1) is 0 Å². The van der Waals surface area contributed by atoms with E-state index in [1.165, 1.54) is 24.0 Å². The predicted octanol–water partition coefficient (Wildman–Crippen LogP) is 5.47. The van der Waals surface area contributed by atoms with E-state index in [0.717, 1.165) is 5.92 Å². The van der Waals surface area contributed by atoms with Crippen molar-refractivity contribution in [2.24, 2.45) is 0 Å². The predicted molar refractivity (Wildman–Crippen MR) is 80.6 cm³/mol. The van der Waals surface area contributed by atoms with Crippen molar-refractivity contribution in [3.8, 4) is 0 Å². The summed E-state index contributed by atoms with van der Waals surface area (Å²) in [4.78, 5) is 0. The summed E-state index contributed by atoms with van der Waals surface area (Å²) in [7, 11) is 0. The highest BCUT2D eigenvalue weighted by Crippen LogP contribution is 2.46. The molecule has 0 aromatic heterocycles. The van der Waals surface area contributed by atoms with Crippen LogP contribution in [0.2, 0.25) is 0 Å². The molecular weight excluding hydrogens is 216 g/mol. The second kappa shape index (κ2) is 4.11. The lowest BCUT2D eigenvalue weighted by Gasteiger charge is -2.29. The van der Waals surface area contributed by atoms with Gasteiger partial charge in [0.25, 0.3) is 0 Å². The van der Waals surface area contributed by atoms with E-state index in [9.17, 15) is 0 Å². The topological polar surface area (TPSA) is 0 Å². The van der Waals surface area contributed by atoms with Crippen LogP contribution in [0.1, 0.15) is 82.6 Å². The molecule has 2 rings (SSSR count). The lowest BCUT2D eigenvalue weighted by Crippen LogP contribution is -2.19. The van der Waals surface area contributed by atoms with Crippen LogP contribution in [-0.2, 0) is 10.8 Å². The average molecular weight is 244 g/mol. The van der Waals surface area contributed by atoms with Crippen LogP contribution in [0.25, 0.3) is 0 Å². The SMILES string of the molecule is Cc1cc(C(C)(C)C)cc(C2CC2)c1C(C)(C)C. The molecule has 0 saturated heterocycles. The first kappa shape index (κ1) is 13.6. The molecule has 0 atom stereocenters. The van der Waals surface area contributed by atoms with Crippen molar-refractivity contribution in [3.63, 3.8) is 0 Å². The van der Waals surface area contributed by atoms with Crippen LogP contribution in [0.3, 0.4) is 0 Å². The van der Waals surface area contributed by atoms with Gasteiger partial charge >= 0.3 is 0 Å². The van der Waals surface area contributed by atoms with Gasteiger partial charge in [-0.1, -0.05) is 53.7 Å². The van der Waals surface area contributed by atoms with E-state index >= 15 is 0 Å². The largest absolute Gasteiger partial charge is 0.0561 e. The molecule has 0 aliphatic heterocycles. The fourth-order valence-electron chi connectivity index (χ4n) is 2.99. The fourth-order valence-corrected chi connectivity index (χ4v) is 2.99. The van der Waals surface area contributed by atoms with Gasteiger partial charge in [0.2, 0.25) is 0 Å². The average Bonchev–Trinajstić information content (AvgIpc) is 2.95. The zero-order chi connectivity index (χ0) is 13.7. The number of hydrogen-bond donors (Lipinski definition) is 0. The summed E-state index contributed by atoms with van der Waals surface area (Å²) in [5.74, 6) is 0.834. The summed E-state index contributed by atoms with van der Waals surface area (Å²) < 4.78 is 0. The van der Waals surface area contributed by atoms with Gasteiger partial charge in [-0.15, -0.1) is 0 Å². The van der Waals surface area contributed by atoms with Crippen molar-refractivity contribution in [1.82, 2.24) is 0 Å². The van der Waals surface area contributed by atoms with E-state index in [4.69, 9.17) is 0 Å². The Kier molecular flexibility index (Phi) is 3.12. The summed E-state index contributed by atoms with van der Waals surface area (Å²) in [6.45, 7) is 16.3. The smallest absolute Gasteiger partial charge is 0.0126 e. The highest BCUT2D eigenvalue weighted by molar-refractivity contribution is 5.47. The first-order chi connectivity index (χ1) is 8.10. The minimum Gasteiger partial charge on any atom is -0.0561 e. The molecule has 0 bridgehead atoms. The molecule has 1 saturated carbocycles. The summed E-state index contributed by atoms with van der Waals surface area (Å²) in [5, 5.41) is 0. The molecule has 1 fully saturated rings. The summed E-state index contributed by atoms with van der Waals surface area (Å²) in [6, 6.07) is 4.90. The third-order valence-corrected chi connectivity index (χ3v) is 4.00. The van der Waals surface area contributed by atoms with Gasteiger partial charge in [-0.05, 0) is 58.8 Å². The van der Waals surface area contributed by atoms with Crippen LogP contribution in [0, 0.1) is 6.92 Å². The molecule has 1 aliphatic rings. The van der Waals surface area contributed by atoms with Crippen LogP contribution in [0.5, 0.6) is 0 Å². The van der Waals surface area contributed by atoms with Crippen molar-refractivity contribution >= 4 is 0 Å². The quantitative estimate of drug-likeness (QED) is 0.614. The molecular formula is C18H28. The Balaban J connectivity index is 2.61. The third kappa shape index (κ3) is 2.63. The minimum absolute atomic E-state index is 0.255. The molecule has 18 heavy (non-hydrogen) atoms. The van der Waals surface area contributed by atoms with Gasteiger partial charge in [0.15, 0.2) is 0 Å². The van der Waals surface area contributed by atoms with Gasteiger partial charge in [-0.3, -0.25) is 0 Å². The highest BCUT2D eigenvalue weighted by Gasteiger charge is 2.32. The molecule has 0 nitrogen and oxygen atoms in total. The Morgan fingerprint density at radius 1 is 0.889 bits per heavy atom. The molecule has 1 aromatic rings. The first-order valence-electron chi connectivity index (χ1n) is 7.26. The molecule has 0 radical (unpaired) electrons. The van der Waals surface area contributed by atoms with Crippen LogP contribution >= 0.6 is 0 Å². The summed E-state index contributed by atoms with van der Waals surface area (Å²) >= 11 is 0. The van der Waals surface area contributed by atoms with E-state index in [-0.39, 0.29) is 10.8 Å². The Hall–Kier alpha value is -0.780. The fraction of sp³-hybridized carbons (Fsp3) is 0.667. The molecule has 1 aliphatic carbocycles. The van der Waals surface area contributed by atoms with E-state index in [0.29, 0.717) is 0 Å². The zero-order valence-corrected chi connectivity index (χ0v) is 13.1. The number of benzene rings is 1. The standard InChI is InChI=1S/C18H28/c1-12-10-14(17(2,3)4)11-15(13-8-9-13)16(12)18(5,6)7/h10-11,13H,8-9H2,1-7H3. The lowest BCUT2D eigenvalue weighted by atomic mass is 9.76. The second-order valence-corrected chi connectivity index (χ2v) is 8.03. The van der Waals surface area contributed by atoms with Crippen LogP contribution in [0.4, 0.5) is 0 Å². The summed E-state index contributed by atoms with van der Waals surface area (Å²) in [6.07, 6.45) is 2.77. The van der Waals surface area contributed by atoms with Gasteiger partial charge in [-0.2, -0.15) is 0 Å². The van der Waals surface area contributed by atoms with Gasteiger partial charge < -0.3 is 0 Å². The Morgan fingerprint density at radius 2 is 1.44 bits per heavy atom. The van der Waals surface area contributed by atoms with Crippen LogP contribution in [0.15, 0.2) is 12.1 Å². The number of aryl methyl sites for hydroxylation is 1. The number of rotatable bonds is 1. The van der Waals surface area contributed by atoms with Crippen LogP contribution < -0.4 is 0 Å². The lowest BCUT2D eigenvalue weighted by molar-refractivity contribution is 0.566. The van der Waals surface area contributed by atoms with E-state index < -0.39 is 0 Å². The van der Waals surface area contributed by atoms with E-state index in [1.807, 2.05) is 0 Å². The maximum Gasteiger partial charge on any atom is -0.0126 e. The summed E-state index contributed by atoms with van der Waals surface area (Å²) in [5.41, 5.74) is 6.72. The maximum absolute atomic E-state index is 2.49.